The van der Waals surface area contributed by atoms with Crippen LogP contribution in [0.15, 0.2) is 24.3 Å². The van der Waals surface area contributed by atoms with Crippen molar-refractivity contribution in [1.82, 2.24) is 15.1 Å². The summed E-state index contributed by atoms with van der Waals surface area (Å²) in [7, 11) is 0. The smallest absolute Gasteiger partial charge is 0.0841 e. The van der Waals surface area contributed by atoms with E-state index in [1.807, 2.05) is 16.8 Å². The Labute approximate surface area is 130 Å². The van der Waals surface area contributed by atoms with Crippen LogP contribution in [-0.4, -0.2) is 27.1 Å². The van der Waals surface area contributed by atoms with Crippen molar-refractivity contribution < 1.29 is 0 Å². The Morgan fingerprint density at radius 2 is 1.90 bits per heavy atom. The van der Waals surface area contributed by atoms with E-state index in [1.54, 1.807) is 0 Å². The maximum absolute atomic E-state index is 6.07. The molecule has 0 fully saturated rings. The van der Waals surface area contributed by atoms with Gasteiger partial charge in [0, 0.05) is 35.8 Å². The summed E-state index contributed by atoms with van der Waals surface area (Å²) in [6.45, 7) is 5.75. The van der Waals surface area contributed by atoms with Gasteiger partial charge in [-0.25, -0.2) is 0 Å². The van der Waals surface area contributed by atoms with Crippen LogP contribution in [0.3, 0.4) is 0 Å². The van der Waals surface area contributed by atoms with Crippen molar-refractivity contribution in [3.8, 4) is 0 Å². The highest BCUT2D eigenvalue weighted by atomic mass is 35.5. The molecule has 1 aromatic heterocycles. The maximum Gasteiger partial charge on any atom is 0.0841 e. The number of rotatable bonds is 7. The van der Waals surface area contributed by atoms with Gasteiger partial charge in [0.15, 0.2) is 0 Å². The van der Waals surface area contributed by atoms with Gasteiger partial charge in [-0.3, -0.25) is 4.68 Å². The van der Waals surface area contributed by atoms with E-state index in [4.69, 9.17) is 23.2 Å². The van der Waals surface area contributed by atoms with Gasteiger partial charge < -0.3 is 5.32 Å². The molecular formula is C15H21Cl2N3. The van der Waals surface area contributed by atoms with E-state index in [0.29, 0.717) is 18.3 Å². The zero-order valence-corrected chi connectivity index (χ0v) is 13.5. The third-order valence-electron chi connectivity index (χ3n) is 3.85. The van der Waals surface area contributed by atoms with Crippen LogP contribution in [0.4, 0.5) is 0 Å². The molecule has 0 saturated heterocycles. The molecule has 0 saturated carbocycles. The lowest BCUT2D eigenvalue weighted by atomic mass is 10.0. The molecule has 1 aromatic carbocycles. The van der Waals surface area contributed by atoms with Crippen LogP contribution in [0.5, 0.6) is 0 Å². The highest BCUT2D eigenvalue weighted by Gasteiger charge is 2.26. The Balaban J connectivity index is 2.26. The molecular weight excluding hydrogens is 293 g/mol. The summed E-state index contributed by atoms with van der Waals surface area (Å²) in [6.07, 6.45) is 0.895. The van der Waals surface area contributed by atoms with Crippen LogP contribution in [0, 0.1) is 0 Å². The first-order valence-corrected chi connectivity index (χ1v) is 8.08. The van der Waals surface area contributed by atoms with Gasteiger partial charge in [-0.2, -0.15) is 5.10 Å². The Morgan fingerprint density at radius 3 is 2.50 bits per heavy atom. The Morgan fingerprint density at radius 1 is 1.20 bits per heavy atom. The largest absolute Gasteiger partial charge is 0.303 e. The number of aryl methyl sites for hydroxylation is 1. The molecule has 3 nitrogen and oxygen atoms in total. The molecule has 0 spiro atoms. The molecule has 2 aromatic rings. The van der Waals surface area contributed by atoms with Crippen LogP contribution in [0.1, 0.15) is 26.0 Å². The molecule has 0 atom stereocenters. The zero-order valence-electron chi connectivity index (χ0n) is 12.0. The number of halogens is 2. The first kappa shape index (κ1) is 15.6. The van der Waals surface area contributed by atoms with Crippen molar-refractivity contribution in [2.45, 2.75) is 38.9 Å². The second kappa shape index (κ2) is 6.79. The summed E-state index contributed by atoms with van der Waals surface area (Å²) >= 11 is 12.1. The number of para-hydroxylation sites is 1. The van der Waals surface area contributed by atoms with Gasteiger partial charge in [-0.1, -0.05) is 25.1 Å². The lowest BCUT2D eigenvalue weighted by Gasteiger charge is -2.29. The summed E-state index contributed by atoms with van der Waals surface area (Å²) in [6, 6.07) is 8.30. The summed E-state index contributed by atoms with van der Waals surface area (Å²) in [5.74, 6) is 0.999. The van der Waals surface area contributed by atoms with Gasteiger partial charge in [0.1, 0.15) is 0 Å². The first-order valence-electron chi connectivity index (χ1n) is 7.01. The number of benzene rings is 1. The topological polar surface area (TPSA) is 29.9 Å². The number of hydrogen-bond acceptors (Lipinski definition) is 2. The van der Waals surface area contributed by atoms with Crippen molar-refractivity contribution in [3.05, 3.63) is 30.0 Å². The van der Waals surface area contributed by atoms with Crippen LogP contribution >= 0.6 is 23.2 Å². The summed E-state index contributed by atoms with van der Waals surface area (Å²) in [5.41, 5.74) is 2.00. The van der Waals surface area contributed by atoms with Gasteiger partial charge in [0.05, 0.1) is 11.2 Å². The Kier molecular flexibility index (Phi) is 5.30. The van der Waals surface area contributed by atoms with Crippen molar-refractivity contribution in [1.29, 1.82) is 0 Å². The highest BCUT2D eigenvalue weighted by molar-refractivity contribution is 6.22. The van der Waals surface area contributed by atoms with E-state index < -0.39 is 0 Å². The molecule has 0 unspecified atom stereocenters. The monoisotopic (exact) mass is 313 g/mol. The Hall–Kier alpha value is -0.770. The minimum Gasteiger partial charge on any atom is -0.303 e. The van der Waals surface area contributed by atoms with Gasteiger partial charge in [0.25, 0.3) is 0 Å². The number of nitrogens with zero attached hydrogens (tertiary/aromatic N) is 2. The van der Waals surface area contributed by atoms with Gasteiger partial charge >= 0.3 is 0 Å². The third-order valence-corrected chi connectivity index (χ3v) is 4.88. The van der Waals surface area contributed by atoms with Crippen LogP contribution < -0.4 is 5.32 Å². The fourth-order valence-corrected chi connectivity index (χ4v) is 3.14. The van der Waals surface area contributed by atoms with Crippen molar-refractivity contribution in [2.24, 2.45) is 0 Å². The minimum absolute atomic E-state index is 0.222. The predicted octanol–water partition coefficient (Wildman–Crippen LogP) is 3.77. The van der Waals surface area contributed by atoms with Gasteiger partial charge in [-0.05, 0) is 19.4 Å². The lowest BCUT2D eigenvalue weighted by molar-refractivity contribution is 0.382. The summed E-state index contributed by atoms with van der Waals surface area (Å²) in [4.78, 5) is 0. The van der Waals surface area contributed by atoms with E-state index in [2.05, 4.69) is 36.4 Å². The number of aromatic nitrogens is 2. The summed E-state index contributed by atoms with van der Waals surface area (Å²) in [5, 5.41) is 9.36. The zero-order chi connectivity index (χ0) is 14.6. The average molecular weight is 314 g/mol. The van der Waals surface area contributed by atoms with E-state index in [9.17, 15) is 0 Å². The van der Waals surface area contributed by atoms with E-state index in [0.717, 1.165) is 18.7 Å². The molecule has 1 N–H and O–H groups in total. The molecule has 0 aliphatic heterocycles. The van der Waals surface area contributed by atoms with E-state index in [-0.39, 0.29) is 5.54 Å². The minimum atomic E-state index is -0.222. The maximum atomic E-state index is 6.07. The number of nitrogens with one attached hydrogen (secondary N) is 1. The molecule has 0 aliphatic rings. The normalized spacial score (nSPS) is 12.2. The molecule has 110 valence electrons. The van der Waals surface area contributed by atoms with E-state index in [1.165, 1.54) is 10.9 Å². The van der Waals surface area contributed by atoms with Crippen LogP contribution in [-0.2, 0) is 13.1 Å². The number of alkyl halides is 2. The van der Waals surface area contributed by atoms with Gasteiger partial charge in [-0.15, -0.1) is 23.2 Å². The van der Waals surface area contributed by atoms with Crippen LogP contribution in [0.25, 0.3) is 10.9 Å². The number of fused-ring (bicyclic) bond motifs is 1. The lowest BCUT2D eigenvalue weighted by Crippen LogP contribution is -2.48. The number of hydrogen-bond donors (Lipinski definition) is 1. The first-order chi connectivity index (χ1) is 9.69. The third kappa shape index (κ3) is 2.95. The summed E-state index contributed by atoms with van der Waals surface area (Å²) < 4.78 is 2.03. The van der Waals surface area contributed by atoms with Crippen LogP contribution in [0.2, 0.25) is 0 Å². The molecule has 0 radical (unpaired) electrons. The van der Waals surface area contributed by atoms with Gasteiger partial charge in [0.2, 0.25) is 0 Å². The molecule has 0 aliphatic carbocycles. The molecule has 2 rings (SSSR count). The average Bonchev–Trinajstić information content (AvgIpc) is 2.88. The second-order valence-electron chi connectivity index (χ2n) is 5.03. The fraction of sp³-hybridized carbons (Fsp3) is 0.533. The Bertz CT molecular complexity index is 553. The SMILES string of the molecule is CCn1nc(CNC(CC)(CCl)CCl)c2ccccc21. The molecule has 5 heteroatoms. The predicted molar refractivity (Wildman–Crippen MR) is 86.7 cm³/mol. The van der Waals surface area contributed by atoms with Crippen molar-refractivity contribution >= 4 is 34.1 Å². The second-order valence-corrected chi connectivity index (χ2v) is 5.57. The molecule has 1 heterocycles. The molecule has 20 heavy (non-hydrogen) atoms. The standard InChI is InChI=1S/C15H21Cl2N3/c1-3-15(10-16,11-17)18-9-13-12-7-5-6-8-14(12)20(4-2)19-13/h5-8,18H,3-4,9-11H2,1-2H3. The van der Waals surface area contributed by atoms with E-state index >= 15 is 0 Å². The molecule has 0 amide bonds. The quantitative estimate of drug-likeness (QED) is 0.788. The molecule has 0 bridgehead atoms. The fourth-order valence-electron chi connectivity index (χ4n) is 2.28. The highest BCUT2D eigenvalue weighted by Crippen LogP contribution is 2.21. The van der Waals surface area contributed by atoms with Crippen molar-refractivity contribution in [3.63, 3.8) is 0 Å². The van der Waals surface area contributed by atoms with Crippen molar-refractivity contribution in [2.75, 3.05) is 11.8 Å².